The lowest BCUT2D eigenvalue weighted by molar-refractivity contribution is 0.0916. The molecule has 0 spiro atoms. The maximum Gasteiger partial charge on any atom is 0.252 e. The first-order valence-electron chi connectivity index (χ1n) is 4.93. The Kier molecular flexibility index (Phi) is 3.66. The molecule has 2 nitrogen and oxygen atoms in total. The third-order valence-electron chi connectivity index (χ3n) is 2.64. The van der Waals surface area contributed by atoms with E-state index in [1.165, 1.54) is 6.42 Å². The van der Waals surface area contributed by atoms with Crippen LogP contribution in [0.4, 0.5) is 0 Å². The summed E-state index contributed by atoms with van der Waals surface area (Å²) in [6.45, 7) is 0. The van der Waals surface area contributed by atoms with Gasteiger partial charge in [0, 0.05) is 14.1 Å². The number of benzene rings is 1. The van der Waals surface area contributed by atoms with Crippen LogP contribution in [0.3, 0.4) is 0 Å². The fourth-order valence-corrected chi connectivity index (χ4v) is 2.47. The lowest BCUT2D eigenvalue weighted by Crippen LogP contribution is -2.39. The van der Waals surface area contributed by atoms with E-state index < -0.39 is 0 Å². The van der Waals surface area contributed by atoms with Crippen LogP contribution < -0.4 is 5.32 Å². The van der Waals surface area contributed by atoms with Crippen LogP contribution in [0.25, 0.3) is 0 Å². The molecule has 0 unspecified atom stereocenters. The molecule has 0 heterocycles. The van der Waals surface area contributed by atoms with Crippen molar-refractivity contribution in [2.75, 3.05) is 0 Å². The van der Waals surface area contributed by atoms with Crippen LogP contribution in [-0.4, -0.2) is 11.9 Å². The lowest BCUT2D eigenvalue weighted by Gasteiger charge is -2.26. The third-order valence-corrected chi connectivity index (χ3v) is 5.20. The molecule has 4 heteroatoms. The zero-order valence-corrected chi connectivity index (χ0v) is 11.8. The molecule has 0 radical (unpaired) electrons. The number of carbonyl (C=O) groups is 1. The maximum atomic E-state index is 11.9. The van der Waals surface area contributed by atoms with Crippen LogP contribution >= 0.6 is 38.5 Å². The van der Waals surface area contributed by atoms with Gasteiger partial charge < -0.3 is 5.32 Å². The summed E-state index contributed by atoms with van der Waals surface area (Å²) in [5.41, 5.74) is 0.761. The van der Waals surface area contributed by atoms with Crippen molar-refractivity contribution in [2.45, 2.75) is 25.3 Å². The summed E-state index contributed by atoms with van der Waals surface area (Å²) in [7, 11) is 0. The summed E-state index contributed by atoms with van der Waals surface area (Å²) < 4.78 is 1.95. The minimum Gasteiger partial charge on any atom is -0.349 e. The van der Waals surface area contributed by atoms with Gasteiger partial charge in [-0.25, -0.2) is 0 Å². The predicted octanol–water partition coefficient (Wildman–Crippen LogP) is 3.34. The molecule has 0 aliphatic heterocycles. The second-order valence-electron chi connectivity index (χ2n) is 3.70. The molecule has 80 valence electrons. The quantitative estimate of drug-likeness (QED) is 0.784. The molecule has 1 aliphatic rings. The summed E-state index contributed by atoms with van der Waals surface area (Å²) in [4.78, 5) is 11.9. The van der Waals surface area contributed by atoms with E-state index in [1.54, 1.807) is 0 Å². The van der Waals surface area contributed by atoms with Crippen molar-refractivity contribution in [3.05, 3.63) is 31.8 Å². The highest BCUT2D eigenvalue weighted by Gasteiger charge is 2.21. The van der Waals surface area contributed by atoms with Crippen molar-refractivity contribution >= 4 is 44.4 Å². The Bertz CT molecular complexity index is 390. The molecule has 1 aromatic carbocycles. The van der Waals surface area contributed by atoms with E-state index in [-0.39, 0.29) is 5.91 Å². The van der Waals surface area contributed by atoms with E-state index in [1.807, 2.05) is 18.2 Å². The molecule has 0 aromatic heterocycles. The molecular weight excluding hydrogens is 369 g/mol. The van der Waals surface area contributed by atoms with Gasteiger partial charge in [-0.1, -0.05) is 6.07 Å². The molecule has 1 amide bonds. The number of halogens is 2. The summed E-state index contributed by atoms with van der Waals surface area (Å²) in [6.07, 6.45) is 3.48. The van der Waals surface area contributed by atoms with Gasteiger partial charge in [-0.2, -0.15) is 0 Å². The zero-order valence-electron chi connectivity index (χ0n) is 8.09. The average molecular weight is 380 g/mol. The minimum absolute atomic E-state index is 0.0467. The second-order valence-corrected chi connectivity index (χ2v) is 5.64. The molecule has 15 heavy (non-hydrogen) atoms. The first-order valence-corrected chi connectivity index (χ1v) is 6.80. The Morgan fingerprint density at radius 3 is 2.80 bits per heavy atom. The Morgan fingerprint density at radius 2 is 2.20 bits per heavy atom. The maximum absolute atomic E-state index is 11.9. The van der Waals surface area contributed by atoms with Crippen molar-refractivity contribution in [1.29, 1.82) is 0 Å². The number of carbonyl (C=O) groups excluding carboxylic acids is 1. The molecule has 0 bridgehead atoms. The number of rotatable bonds is 2. The molecule has 1 aliphatic carbocycles. The van der Waals surface area contributed by atoms with Gasteiger partial charge in [0.2, 0.25) is 0 Å². The van der Waals surface area contributed by atoms with Crippen molar-refractivity contribution in [2.24, 2.45) is 0 Å². The minimum atomic E-state index is 0.0467. The van der Waals surface area contributed by atoms with Crippen LogP contribution in [0.15, 0.2) is 22.7 Å². The standard InChI is InChI=1S/C11H11BrINO/c12-9-6-2-5-8(10(9)13)11(15)14-7-3-1-4-7/h2,5-7H,1,3-4H2,(H,14,15). The van der Waals surface area contributed by atoms with Gasteiger partial charge in [0.05, 0.1) is 5.56 Å². The average Bonchev–Trinajstić information content (AvgIpc) is 2.15. The fraction of sp³-hybridized carbons (Fsp3) is 0.364. The van der Waals surface area contributed by atoms with E-state index in [2.05, 4.69) is 43.8 Å². The molecule has 1 saturated carbocycles. The highest BCUT2D eigenvalue weighted by Crippen LogP contribution is 2.24. The Hall–Kier alpha value is -0.100. The normalized spacial score (nSPS) is 15.9. The Morgan fingerprint density at radius 1 is 1.47 bits per heavy atom. The SMILES string of the molecule is O=C(NC1CCC1)c1cccc(Br)c1I. The first kappa shape index (κ1) is 11.4. The van der Waals surface area contributed by atoms with Gasteiger partial charge >= 0.3 is 0 Å². The Balaban J connectivity index is 2.13. The summed E-state index contributed by atoms with van der Waals surface area (Å²) in [5.74, 6) is 0.0467. The number of nitrogens with one attached hydrogen (secondary N) is 1. The van der Waals surface area contributed by atoms with Crippen LogP contribution in [0.1, 0.15) is 29.6 Å². The molecule has 2 rings (SSSR count). The smallest absolute Gasteiger partial charge is 0.252 e. The lowest BCUT2D eigenvalue weighted by atomic mass is 9.93. The highest BCUT2D eigenvalue weighted by molar-refractivity contribution is 14.1. The van der Waals surface area contributed by atoms with Crippen molar-refractivity contribution < 1.29 is 4.79 Å². The summed E-state index contributed by atoms with van der Waals surface area (Å²) in [5, 5.41) is 3.04. The number of hydrogen-bond acceptors (Lipinski definition) is 1. The van der Waals surface area contributed by atoms with Gasteiger partial charge in [0.15, 0.2) is 0 Å². The van der Waals surface area contributed by atoms with Gasteiger partial charge in [0.25, 0.3) is 5.91 Å². The van der Waals surface area contributed by atoms with Crippen molar-refractivity contribution in [3.63, 3.8) is 0 Å². The first-order chi connectivity index (χ1) is 7.18. The topological polar surface area (TPSA) is 29.1 Å². The second kappa shape index (κ2) is 4.82. The summed E-state index contributed by atoms with van der Waals surface area (Å²) in [6, 6.07) is 6.09. The summed E-state index contributed by atoms with van der Waals surface area (Å²) >= 11 is 5.61. The Labute approximate surface area is 111 Å². The third kappa shape index (κ3) is 2.53. The van der Waals surface area contributed by atoms with Gasteiger partial charge in [-0.05, 0) is 69.9 Å². The van der Waals surface area contributed by atoms with E-state index in [4.69, 9.17) is 0 Å². The van der Waals surface area contributed by atoms with Crippen molar-refractivity contribution in [1.82, 2.24) is 5.32 Å². The monoisotopic (exact) mass is 379 g/mol. The highest BCUT2D eigenvalue weighted by atomic mass is 127. The number of amides is 1. The molecule has 0 saturated heterocycles. The van der Waals surface area contributed by atoms with Gasteiger partial charge in [-0.15, -0.1) is 0 Å². The fourth-order valence-electron chi connectivity index (χ4n) is 1.49. The van der Waals surface area contributed by atoms with Crippen molar-refractivity contribution in [3.8, 4) is 0 Å². The van der Waals surface area contributed by atoms with E-state index in [0.29, 0.717) is 6.04 Å². The molecule has 1 fully saturated rings. The van der Waals surface area contributed by atoms with E-state index >= 15 is 0 Å². The van der Waals surface area contributed by atoms with Crippen LogP contribution in [0, 0.1) is 3.57 Å². The van der Waals surface area contributed by atoms with Crippen LogP contribution in [0.2, 0.25) is 0 Å². The molecule has 1 N–H and O–H groups in total. The molecule has 0 atom stereocenters. The predicted molar refractivity (Wildman–Crippen MR) is 72.0 cm³/mol. The van der Waals surface area contributed by atoms with E-state index in [0.717, 1.165) is 26.4 Å². The van der Waals surface area contributed by atoms with Gasteiger partial charge in [0.1, 0.15) is 0 Å². The van der Waals surface area contributed by atoms with Crippen LogP contribution in [0.5, 0.6) is 0 Å². The van der Waals surface area contributed by atoms with E-state index in [9.17, 15) is 4.79 Å². The number of hydrogen-bond donors (Lipinski definition) is 1. The molecule has 1 aromatic rings. The van der Waals surface area contributed by atoms with Crippen LogP contribution in [-0.2, 0) is 0 Å². The largest absolute Gasteiger partial charge is 0.349 e. The van der Waals surface area contributed by atoms with Gasteiger partial charge in [-0.3, -0.25) is 4.79 Å². The zero-order chi connectivity index (χ0) is 10.8. The molecular formula is C11H11BrINO.